The van der Waals surface area contributed by atoms with Crippen molar-refractivity contribution < 1.29 is 9.59 Å². The number of urea groups is 1. The molecule has 5 heteroatoms. The molecule has 1 aliphatic carbocycles. The highest BCUT2D eigenvalue weighted by atomic mass is 16.2. The third-order valence-electron chi connectivity index (χ3n) is 6.28. The monoisotopic (exact) mass is 421 g/mol. The zero-order valence-corrected chi connectivity index (χ0v) is 19.0. The van der Waals surface area contributed by atoms with E-state index in [-0.39, 0.29) is 24.0 Å². The second-order valence-electron chi connectivity index (χ2n) is 8.39. The molecule has 0 fully saturated rings. The smallest absolute Gasteiger partial charge is 0.322 e. The average molecular weight is 422 g/mol. The minimum Gasteiger partial charge on any atom is -0.349 e. The third kappa shape index (κ3) is 6.09. The van der Waals surface area contributed by atoms with E-state index in [0.29, 0.717) is 13.0 Å². The van der Waals surface area contributed by atoms with Gasteiger partial charge in [0.1, 0.15) is 0 Å². The van der Waals surface area contributed by atoms with E-state index in [1.807, 2.05) is 37.3 Å². The highest BCUT2D eigenvalue weighted by Crippen LogP contribution is 2.29. The molecule has 2 aromatic carbocycles. The minimum absolute atomic E-state index is 0.00453. The lowest BCUT2D eigenvalue weighted by atomic mass is 9.87. The van der Waals surface area contributed by atoms with Gasteiger partial charge in [0.2, 0.25) is 5.91 Å². The molecular weight excluding hydrogens is 386 g/mol. The van der Waals surface area contributed by atoms with E-state index in [1.54, 1.807) is 4.90 Å². The zero-order chi connectivity index (χ0) is 22.2. The van der Waals surface area contributed by atoms with Gasteiger partial charge in [0, 0.05) is 24.7 Å². The molecule has 3 amide bonds. The second-order valence-corrected chi connectivity index (χ2v) is 8.39. The van der Waals surface area contributed by atoms with E-state index in [0.717, 1.165) is 37.8 Å². The second kappa shape index (κ2) is 11.0. The molecule has 3 rings (SSSR count). The lowest BCUT2D eigenvalue weighted by Crippen LogP contribution is -2.43. The SMILES string of the molecule is CCc1ccc(NC(=O)N(CCC(=O)N[C@H]2CCCc3ccccc32)[C@@H](C)CC)cc1. The summed E-state index contributed by atoms with van der Waals surface area (Å²) in [6, 6.07) is 16.2. The maximum Gasteiger partial charge on any atom is 0.322 e. The van der Waals surface area contributed by atoms with Gasteiger partial charge in [-0.3, -0.25) is 4.79 Å². The molecule has 0 saturated carbocycles. The Kier molecular flexibility index (Phi) is 8.10. The molecule has 2 aromatic rings. The number of benzene rings is 2. The van der Waals surface area contributed by atoms with E-state index >= 15 is 0 Å². The van der Waals surface area contributed by atoms with E-state index in [2.05, 4.69) is 42.7 Å². The Balaban J connectivity index is 1.58. The Bertz CT molecular complexity index is 878. The molecule has 31 heavy (non-hydrogen) atoms. The first kappa shape index (κ1) is 22.9. The summed E-state index contributed by atoms with van der Waals surface area (Å²) < 4.78 is 0. The first-order valence-corrected chi connectivity index (χ1v) is 11.6. The van der Waals surface area contributed by atoms with Crippen molar-refractivity contribution in [1.82, 2.24) is 10.2 Å². The fourth-order valence-electron chi connectivity index (χ4n) is 4.15. The van der Waals surface area contributed by atoms with Crippen molar-refractivity contribution in [2.45, 2.75) is 71.4 Å². The molecule has 0 heterocycles. The molecular formula is C26H35N3O2. The molecule has 0 aliphatic heterocycles. The highest BCUT2D eigenvalue weighted by molar-refractivity contribution is 5.90. The predicted molar refractivity (Wildman–Crippen MR) is 126 cm³/mol. The van der Waals surface area contributed by atoms with Crippen LogP contribution in [0.5, 0.6) is 0 Å². The molecule has 0 spiro atoms. The molecule has 0 radical (unpaired) electrons. The van der Waals surface area contributed by atoms with Crippen molar-refractivity contribution in [3.63, 3.8) is 0 Å². The Morgan fingerprint density at radius 3 is 2.55 bits per heavy atom. The van der Waals surface area contributed by atoms with Gasteiger partial charge in [-0.25, -0.2) is 4.79 Å². The standard InChI is InChI=1S/C26H35N3O2/c1-4-19(3)29(26(31)27-22-15-13-20(5-2)14-16-22)18-17-25(30)28-24-12-8-10-21-9-6-7-11-23(21)24/h6-7,9,11,13-16,19,24H,4-5,8,10,12,17-18H2,1-3H3,(H,27,31)(H,28,30)/t19-,24-/m0/s1. The molecule has 1 aliphatic rings. The van der Waals surface area contributed by atoms with Crippen LogP contribution in [0.4, 0.5) is 10.5 Å². The van der Waals surface area contributed by atoms with Gasteiger partial charge in [0.05, 0.1) is 6.04 Å². The molecule has 5 nitrogen and oxygen atoms in total. The van der Waals surface area contributed by atoms with Crippen LogP contribution < -0.4 is 10.6 Å². The lowest BCUT2D eigenvalue weighted by Gasteiger charge is -2.30. The van der Waals surface area contributed by atoms with Gasteiger partial charge >= 0.3 is 6.03 Å². The number of carbonyl (C=O) groups is 2. The number of carbonyl (C=O) groups excluding carboxylic acids is 2. The van der Waals surface area contributed by atoms with Crippen LogP contribution in [-0.2, 0) is 17.6 Å². The van der Waals surface area contributed by atoms with Crippen LogP contribution in [0.1, 0.15) is 69.2 Å². The quantitative estimate of drug-likeness (QED) is 0.594. The van der Waals surface area contributed by atoms with Gasteiger partial charge in [-0.2, -0.15) is 0 Å². The Labute approximate surface area is 186 Å². The maximum atomic E-state index is 12.9. The molecule has 0 aromatic heterocycles. The summed E-state index contributed by atoms with van der Waals surface area (Å²) >= 11 is 0. The topological polar surface area (TPSA) is 61.4 Å². The van der Waals surface area contributed by atoms with Crippen LogP contribution in [0.15, 0.2) is 48.5 Å². The largest absolute Gasteiger partial charge is 0.349 e. The van der Waals surface area contributed by atoms with Crippen LogP contribution in [0, 0.1) is 0 Å². The summed E-state index contributed by atoms with van der Waals surface area (Å²) in [6.07, 6.45) is 5.22. The summed E-state index contributed by atoms with van der Waals surface area (Å²) in [5, 5.41) is 6.17. The summed E-state index contributed by atoms with van der Waals surface area (Å²) in [4.78, 5) is 27.4. The van der Waals surface area contributed by atoms with Gasteiger partial charge in [-0.1, -0.05) is 50.2 Å². The van der Waals surface area contributed by atoms with Crippen molar-refractivity contribution >= 4 is 17.6 Å². The number of hydrogen-bond donors (Lipinski definition) is 2. The molecule has 2 atom stereocenters. The van der Waals surface area contributed by atoms with E-state index in [1.165, 1.54) is 16.7 Å². The Hall–Kier alpha value is -2.82. The van der Waals surface area contributed by atoms with Gasteiger partial charge in [0.15, 0.2) is 0 Å². The summed E-state index contributed by atoms with van der Waals surface area (Å²) in [6.45, 7) is 6.58. The van der Waals surface area contributed by atoms with Gasteiger partial charge in [0.25, 0.3) is 0 Å². The number of rotatable bonds is 8. The first-order chi connectivity index (χ1) is 15.0. The number of nitrogens with zero attached hydrogens (tertiary/aromatic N) is 1. The normalized spacial score (nSPS) is 16.2. The third-order valence-corrected chi connectivity index (χ3v) is 6.28. The predicted octanol–water partition coefficient (Wildman–Crippen LogP) is 5.47. The Morgan fingerprint density at radius 1 is 1.10 bits per heavy atom. The Morgan fingerprint density at radius 2 is 1.84 bits per heavy atom. The van der Waals surface area contributed by atoms with E-state index < -0.39 is 0 Å². The van der Waals surface area contributed by atoms with Crippen LogP contribution in [0.25, 0.3) is 0 Å². The summed E-state index contributed by atoms with van der Waals surface area (Å²) in [5.74, 6) is -0.00453. The summed E-state index contributed by atoms with van der Waals surface area (Å²) in [7, 11) is 0. The number of fused-ring (bicyclic) bond motifs is 1. The van der Waals surface area contributed by atoms with Crippen molar-refractivity contribution in [2.24, 2.45) is 0 Å². The molecule has 166 valence electrons. The van der Waals surface area contributed by atoms with Crippen molar-refractivity contribution in [1.29, 1.82) is 0 Å². The van der Waals surface area contributed by atoms with Crippen molar-refractivity contribution in [3.05, 3.63) is 65.2 Å². The van der Waals surface area contributed by atoms with Gasteiger partial charge in [-0.15, -0.1) is 0 Å². The zero-order valence-electron chi connectivity index (χ0n) is 19.0. The summed E-state index contributed by atoms with van der Waals surface area (Å²) in [5.41, 5.74) is 4.57. The van der Waals surface area contributed by atoms with Gasteiger partial charge < -0.3 is 15.5 Å². The number of amides is 3. The molecule has 0 bridgehead atoms. The number of anilines is 1. The van der Waals surface area contributed by atoms with Crippen molar-refractivity contribution in [2.75, 3.05) is 11.9 Å². The van der Waals surface area contributed by atoms with Gasteiger partial charge in [-0.05, 0) is 67.9 Å². The number of aryl methyl sites for hydroxylation is 2. The first-order valence-electron chi connectivity index (χ1n) is 11.6. The fraction of sp³-hybridized carbons (Fsp3) is 0.462. The van der Waals surface area contributed by atoms with E-state index in [4.69, 9.17) is 0 Å². The minimum atomic E-state index is -0.158. The van der Waals surface area contributed by atoms with Crippen LogP contribution in [-0.4, -0.2) is 29.4 Å². The molecule has 0 saturated heterocycles. The van der Waals surface area contributed by atoms with E-state index in [9.17, 15) is 9.59 Å². The highest BCUT2D eigenvalue weighted by Gasteiger charge is 2.23. The number of nitrogens with one attached hydrogen (secondary N) is 2. The molecule has 2 N–H and O–H groups in total. The van der Waals surface area contributed by atoms with Crippen LogP contribution >= 0.6 is 0 Å². The van der Waals surface area contributed by atoms with Crippen molar-refractivity contribution in [3.8, 4) is 0 Å². The lowest BCUT2D eigenvalue weighted by molar-refractivity contribution is -0.122. The number of hydrogen-bond acceptors (Lipinski definition) is 2. The molecule has 0 unspecified atom stereocenters. The van der Waals surface area contributed by atoms with Crippen LogP contribution in [0.3, 0.4) is 0 Å². The fourth-order valence-corrected chi connectivity index (χ4v) is 4.15. The average Bonchev–Trinajstić information content (AvgIpc) is 2.79. The maximum absolute atomic E-state index is 12.9. The van der Waals surface area contributed by atoms with Crippen LogP contribution in [0.2, 0.25) is 0 Å².